The number of rotatable bonds is 3. The monoisotopic (exact) mass is 397 g/mol. The molecule has 0 amide bonds. The van der Waals surface area contributed by atoms with Crippen LogP contribution in [0.5, 0.6) is 0 Å². The predicted octanol–water partition coefficient (Wildman–Crippen LogP) is 3.35. The van der Waals surface area contributed by atoms with Crippen LogP contribution < -0.4 is 0 Å². The molecule has 0 N–H and O–H groups in total. The molecule has 2 aromatic rings. The highest BCUT2D eigenvalue weighted by atomic mass is 19.1. The molecular formula is C22H20FNO5. The first kappa shape index (κ1) is 19.1. The van der Waals surface area contributed by atoms with Gasteiger partial charge in [0.25, 0.3) is 0 Å². The Morgan fingerprint density at radius 2 is 1.79 bits per heavy atom. The van der Waals surface area contributed by atoms with Gasteiger partial charge in [-0.2, -0.15) is 0 Å². The number of halogens is 1. The van der Waals surface area contributed by atoms with E-state index in [1.807, 2.05) is 36.4 Å². The highest BCUT2D eigenvalue weighted by molar-refractivity contribution is 6.02. The van der Waals surface area contributed by atoms with Gasteiger partial charge in [-0.25, -0.2) is 9.45 Å². The minimum Gasteiger partial charge on any atom is -0.468 e. The smallest absolute Gasteiger partial charge is 0.325 e. The lowest BCUT2D eigenvalue weighted by atomic mass is 9.70. The SMILES string of the molecule is COC(=O)C1(C(=O)OC)CCON2C(c3ccccc3)=Cc3ccc(F)cc3C21. The summed E-state index contributed by atoms with van der Waals surface area (Å²) in [6.07, 6.45) is 1.90. The first-order valence-electron chi connectivity index (χ1n) is 9.18. The van der Waals surface area contributed by atoms with Gasteiger partial charge in [0.2, 0.25) is 0 Å². The molecule has 6 nitrogen and oxygen atoms in total. The van der Waals surface area contributed by atoms with E-state index in [1.54, 1.807) is 6.07 Å². The van der Waals surface area contributed by atoms with E-state index in [2.05, 4.69) is 0 Å². The zero-order valence-corrected chi connectivity index (χ0v) is 16.1. The molecule has 1 atom stereocenters. The van der Waals surface area contributed by atoms with Crippen LogP contribution in [0.25, 0.3) is 11.8 Å². The van der Waals surface area contributed by atoms with Crippen LogP contribution >= 0.6 is 0 Å². The third kappa shape index (κ3) is 2.89. The summed E-state index contributed by atoms with van der Waals surface area (Å²) in [5.74, 6) is -1.96. The van der Waals surface area contributed by atoms with Crippen LogP contribution in [0.2, 0.25) is 0 Å². The van der Waals surface area contributed by atoms with Crippen LogP contribution in [0, 0.1) is 11.2 Å². The quantitative estimate of drug-likeness (QED) is 0.585. The van der Waals surface area contributed by atoms with E-state index >= 15 is 0 Å². The highest BCUT2D eigenvalue weighted by Crippen LogP contribution is 2.53. The van der Waals surface area contributed by atoms with Crippen molar-refractivity contribution in [2.24, 2.45) is 5.41 Å². The van der Waals surface area contributed by atoms with E-state index in [0.29, 0.717) is 16.8 Å². The molecule has 2 aromatic carbocycles. The van der Waals surface area contributed by atoms with Crippen LogP contribution in [-0.4, -0.2) is 37.8 Å². The number of fused-ring (bicyclic) bond motifs is 3. The van der Waals surface area contributed by atoms with E-state index in [1.165, 1.54) is 31.4 Å². The van der Waals surface area contributed by atoms with E-state index in [0.717, 1.165) is 5.56 Å². The second kappa shape index (κ2) is 7.33. The Balaban J connectivity index is 1.99. The topological polar surface area (TPSA) is 65.1 Å². The average molecular weight is 397 g/mol. The minimum absolute atomic E-state index is 0.0472. The molecule has 2 heterocycles. The Morgan fingerprint density at radius 1 is 1.10 bits per heavy atom. The summed E-state index contributed by atoms with van der Waals surface area (Å²) in [7, 11) is 2.44. The molecule has 0 aliphatic carbocycles. The van der Waals surface area contributed by atoms with Crippen LogP contribution in [0.1, 0.15) is 29.2 Å². The van der Waals surface area contributed by atoms with Crippen LogP contribution in [0.3, 0.4) is 0 Å². The summed E-state index contributed by atoms with van der Waals surface area (Å²) in [5.41, 5.74) is 0.942. The highest BCUT2D eigenvalue weighted by Gasteiger charge is 2.61. The molecule has 1 unspecified atom stereocenters. The summed E-state index contributed by atoms with van der Waals surface area (Å²) in [4.78, 5) is 31.8. The van der Waals surface area contributed by atoms with E-state index in [-0.39, 0.29) is 13.0 Å². The Labute approximate surface area is 167 Å². The third-order valence-corrected chi connectivity index (χ3v) is 5.47. The number of methoxy groups -OCH3 is 2. The van der Waals surface area contributed by atoms with Crippen molar-refractivity contribution in [3.63, 3.8) is 0 Å². The molecule has 29 heavy (non-hydrogen) atoms. The van der Waals surface area contributed by atoms with Gasteiger partial charge in [-0.15, -0.1) is 0 Å². The van der Waals surface area contributed by atoms with Gasteiger partial charge >= 0.3 is 11.9 Å². The van der Waals surface area contributed by atoms with Crippen molar-refractivity contribution in [1.29, 1.82) is 0 Å². The van der Waals surface area contributed by atoms with Gasteiger partial charge in [-0.05, 0) is 29.3 Å². The van der Waals surface area contributed by atoms with Gasteiger partial charge < -0.3 is 9.47 Å². The van der Waals surface area contributed by atoms with Crippen LogP contribution in [-0.2, 0) is 23.9 Å². The summed E-state index contributed by atoms with van der Waals surface area (Å²) < 4.78 is 24.2. The van der Waals surface area contributed by atoms with Crippen molar-refractivity contribution in [3.05, 3.63) is 71.0 Å². The Hall–Kier alpha value is -3.19. The number of ether oxygens (including phenoxy) is 2. The number of carbonyl (C=O) groups excluding carboxylic acids is 2. The van der Waals surface area contributed by atoms with Gasteiger partial charge in [0, 0.05) is 12.0 Å². The first-order valence-corrected chi connectivity index (χ1v) is 9.18. The molecule has 0 aromatic heterocycles. The Kier molecular flexibility index (Phi) is 4.84. The lowest BCUT2D eigenvalue weighted by molar-refractivity contribution is -0.229. The number of hydroxylamine groups is 2. The van der Waals surface area contributed by atoms with Crippen LogP contribution in [0.4, 0.5) is 4.39 Å². The molecular weight excluding hydrogens is 377 g/mol. The average Bonchev–Trinajstić information content (AvgIpc) is 2.77. The number of hydrogen-bond donors (Lipinski definition) is 0. The molecule has 0 bridgehead atoms. The standard InChI is InChI=1S/C22H20FNO5/c1-27-20(25)22(21(26)28-2)10-11-29-24-18(14-6-4-3-5-7-14)12-15-8-9-16(23)13-17(15)19(22)24/h3-9,12-13,19H,10-11H2,1-2H3. The Bertz CT molecular complexity index is 972. The van der Waals surface area contributed by atoms with Crippen molar-refractivity contribution in [3.8, 4) is 0 Å². The van der Waals surface area contributed by atoms with Gasteiger partial charge in [-0.1, -0.05) is 36.4 Å². The first-order chi connectivity index (χ1) is 14.0. The number of hydrogen-bond acceptors (Lipinski definition) is 6. The van der Waals surface area contributed by atoms with Gasteiger partial charge in [0.1, 0.15) is 11.9 Å². The molecule has 0 radical (unpaired) electrons. The summed E-state index contributed by atoms with van der Waals surface area (Å²) >= 11 is 0. The molecule has 7 heteroatoms. The predicted molar refractivity (Wildman–Crippen MR) is 102 cm³/mol. The van der Waals surface area contributed by atoms with E-state index < -0.39 is 29.2 Å². The van der Waals surface area contributed by atoms with Gasteiger partial charge in [0.15, 0.2) is 5.41 Å². The van der Waals surface area contributed by atoms with E-state index in [9.17, 15) is 14.0 Å². The molecule has 2 aliphatic rings. The largest absolute Gasteiger partial charge is 0.468 e. The van der Waals surface area contributed by atoms with Crippen molar-refractivity contribution in [1.82, 2.24) is 5.06 Å². The Morgan fingerprint density at radius 3 is 2.45 bits per heavy atom. The zero-order chi connectivity index (χ0) is 20.6. The van der Waals surface area contributed by atoms with Gasteiger partial charge in [-0.3, -0.25) is 14.4 Å². The molecule has 0 spiro atoms. The fraction of sp³-hybridized carbons (Fsp3) is 0.273. The van der Waals surface area contributed by atoms with Gasteiger partial charge in [0.05, 0.1) is 26.5 Å². The van der Waals surface area contributed by atoms with E-state index in [4.69, 9.17) is 14.3 Å². The summed E-state index contributed by atoms with van der Waals surface area (Å²) in [6, 6.07) is 12.8. The van der Waals surface area contributed by atoms with Crippen molar-refractivity contribution in [2.45, 2.75) is 12.5 Å². The van der Waals surface area contributed by atoms with Crippen molar-refractivity contribution >= 4 is 23.7 Å². The molecule has 1 fully saturated rings. The maximum atomic E-state index is 14.2. The zero-order valence-electron chi connectivity index (χ0n) is 16.1. The second-order valence-corrected chi connectivity index (χ2v) is 6.93. The maximum Gasteiger partial charge on any atom is 0.325 e. The third-order valence-electron chi connectivity index (χ3n) is 5.47. The molecule has 150 valence electrons. The molecule has 0 saturated carbocycles. The fourth-order valence-corrected chi connectivity index (χ4v) is 4.14. The van der Waals surface area contributed by atoms with Crippen molar-refractivity contribution < 1.29 is 28.3 Å². The number of nitrogens with zero attached hydrogens (tertiary/aromatic N) is 1. The lowest BCUT2D eigenvalue weighted by Gasteiger charge is -2.49. The normalized spacial score (nSPS) is 19.5. The summed E-state index contributed by atoms with van der Waals surface area (Å²) in [5, 5.41) is 1.51. The second-order valence-electron chi connectivity index (χ2n) is 6.93. The maximum absolute atomic E-state index is 14.2. The lowest BCUT2D eigenvalue weighted by Crippen LogP contribution is -2.56. The number of carbonyl (C=O) groups is 2. The van der Waals surface area contributed by atoms with Crippen molar-refractivity contribution in [2.75, 3.05) is 20.8 Å². The number of esters is 2. The number of benzene rings is 2. The fourth-order valence-electron chi connectivity index (χ4n) is 4.14. The molecule has 2 aliphatic heterocycles. The summed E-state index contributed by atoms with van der Waals surface area (Å²) in [6.45, 7) is 0.0928. The molecule has 4 rings (SSSR count). The minimum atomic E-state index is -1.70. The van der Waals surface area contributed by atoms with Crippen LogP contribution in [0.15, 0.2) is 48.5 Å². The molecule has 1 saturated heterocycles.